The fraction of sp³-hybridized carbons (Fsp3) is 0.667. The van der Waals surface area contributed by atoms with E-state index in [1.54, 1.807) is 12.0 Å². The van der Waals surface area contributed by atoms with Crippen LogP contribution < -0.4 is 5.32 Å². The molecule has 1 aliphatic carbocycles. The van der Waals surface area contributed by atoms with E-state index in [9.17, 15) is 4.79 Å². The van der Waals surface area contributed by atoms with Gasteiger partial charge in [0.05, 0.1) is 13.2 Å². The second kappa shape index (κ2) is 9.34. The molecule has 1 atom stereocenters. The number of nitrogens with zero attached hydrogens (tertiary/aromatic N) is 1. The van der Waals surface area contributed by atoms with Gasteiger partial charge in [-0.05, 0) is 31.8 Å². The number of rotatable bonds is 5. The van der Waals surface area contributed by atoms with Crippen molar-refractivity contribution in [3.8, 4) is 0 Å². The van der Waals surface area contributed by atoms with E-state index in [2.05, 4.69) is 5.32 Å². The van der Waals surface area contributed by atoms with Crippen molar-refractivity contribution < 1.29 is 9.63 Å². The van der Waals surface area contributed by atoms with Crippen molar-refractivity contribution in [2.45, 2.75) is 44.4 Å². The normalized spacial score (nSPS) is 20.5. The van der Waals surface area contributed by atoms with Crippen molar-refractivity contribution in [2.75, 3.05) is 13.2 Å². The Hall–Kier alpha value is -0.710. The first kappa shape index (κ1) is 18.3. The predicted octanol–water partition coefficient (Wildman–Crippen LogP) is 3.38. The molecule has 4 nitrogen and oxygen atoms in total. The number of hydrogen-bond acceptors (Lipinski definition) is 3. The van der Waals surface area contributed by atoms with E-state index in [0.29, 0.717) is 18.3 Å². The molecule has 1 unspecified atom stereocenters. The minimum atomic E-state index is -0.554. The number of allylic oxidation sites excluding steroid dienone is 2. The summed E-state index contributed by atoms with van der Waals surface area (Å²) in [5, 5.41) is 3.98. The Kier molecular flexibility index (Phi) is 8.15. The van der Waals surface area contributed by atoms with E-state index in [1.807, 2.05) is 18.2 Å². The number of halogens is 2. The second-order valence-corrected chi connectivity index (χ2v) is 6.10. The number of hydrogen-bond donors (Lipinski definition) is 1. The van der Waals surface area contributed by atoms with Crippen LogP contribution in [0, 0.1) is 5.92 Å². The number of carbonyl (C=O) groups is 1. The Morgan fingerprint density at radius 1 is 1.48 bits per heavy atom. The molecule has 1 heterocycles. The van der Waals surface area contributed by atoms with Gasteiger partial charge in [0, 0.05) is 0 Å². The van der Waals surface area contributed by atoms with Gasteiger partial charge < -0.3 is 5.32 Å². The summed E-state index contributed by atoms with van der Waals surface area (Å²) in [6.07, 6.45) is 12.2. The lowest BCUT2D eigenvalue weighted by Crippen LogP contribution is -2.39. The zero-order valence-corrected chi connectivity index (χ0v) is 14.0. The highest BCUT2D eigenvalue weighted by Crippen LogP contribution is 2.24. The van der Waals surface area contributed by atoms with Gasteiger partial charge >= 0.3 is 0 Å². The highest BCUT2D eigenvalue weighted by molar-refractivity contribution is 6.30. The lowest BCUT2D eigenvalue weighted by Gasteiger charge is -2.30. The summed E-state index contributed by atoms with van der Waals surface area (Å²) in [7, 11) is 0. The molecule has 2 rings (SSSR count). The quantitative estimate of drug-likeness (QED) is 0.783. The van der Waals surface area contributed by atoms with Crippen molar-refractivity contribution in [2.24, 2.45) is 5.92 Å². The average Bonchev–Trinajstić information content (AvgIpc) is 2.47. The van der Waals surface area contributed by atoms with E-state index in [0.717, 1.165) is 6.61 Å². The summed E-state index contributed by atoms with van der Waals surface area (Å²) in [4.78, 5) is 17.5. The molecule has 2 aliphatic rings. The third kappa shape index (κ3) is 5.89. The minimum absolute atomic E-state index is 0. The molecular formula is C15H24Cl2N2O2. The molecule has 1 amide bonds. The van der Waals surface area contributed by atoms with Crippen LogP contribution in [0.4, 0.5) is 0 Å². The summed E-state index contributed by atoms with van der Waals surface area (Å²) >= 11 is 5.78. The van der Waals surface area contributed by atoms with Crippen molar-refractivity contribution in [3.05, 3.63) is 24.0 Å². The van der Waals surface area contributed by atoms with Crippen LogP contribution in [0.1, 0.15) is 39.0 Å². The maximum Gasteiger partial charge on any atom is 0.243 e. The monoisotopic (exact) mass is 334 g/mol. The molecule has 0 aromatic rings. The molecular weight excluding hydrogens is 311 g/mol. The molecule has 0 radical (unpaired) electrons. The summed E-state index contributed by atoms with van der Waals surface area (Å²) in [5.41, 5.74) is 0. The first-order valence-electron chi connectivity index (χ1n) is 7.39. The lowest BCUT2D eigenvalue weighted by molar-refractivity contribution is -0.148. The first-order chi connectivity index (χ1) is 9.66. The van der Waals surface area contributed by atoms with Gasteiger partial charge in [-0.2, -0.15) is 0 Å². The van der Waals surface area contributed by atoms with Crippen LogP contribution in [-0.4, -0.2) is 29.5 Å². The molecule has 1 fully saturated rings. The SMILES string of the molecule is CC(Cl)C(=O)NC1=CC=CCN1OCC1CCCCC1.Cl. The van der Waals surface area contributed by atoms with Crippen molar-refractivity contribution in [1.29, 1.82) is 0 Å². The minimum Gasteiger partial charge on any atom is -0.309 e. The number of nitrogens with one attached hydrogen (secondary N) is 1. The van der Waals surface area contributed by atoms with Crippen molar-refractivity contribution >= 4 is 29.9 Å². The van der Waals surface area contributed by atoms with Gasteiger partial charge in [0.25, 0.3) is 0 Å². The summed E-state index contributed by atoms with van der Waals surface area (Å²) in [6.45, 7) is 3.02. The molecule has 0 bridgehead atoms. The third-order valence-corrected chi connectivity index (χ3v) is 3.93. The van der Waals surface area contributed by atoms with Crippen LogP contribution in [0.2, 0.25) is 0 Å². The van der Waals surface area contributed by atoms with E-state index < -0.39 is 5.38 Å². The Bertz CT molecular complexity index is 391. The number of amides is 1. The van der Waals surface area contributed by atoms with Crippen LogP contribution in [0.25, 0.3) is 0 Å². The van der Waals surface area contributed by atoms with Crippen LogP contribution in [0.3, 0.4) is 0 Å². The highest BCUT2D eigenvalue weighted by Gasteiger charge is 2.20. The largest absolute Gasteiger partial charge is 0.309 e. The molecule has 6 heteroatoms. The van der Waals surface area contributed by atoms with Crippen LogP contribution in [0.5, 0.6) is 0 Å². The number of carbonyl (C=O) groups excluding carboxylic acids is 1. The molecule has 0 aromatic carbocycles. The molecule has 1 N–H and O–H groups in total. The zero-order valence-electron chi connectivity index (χ0n) is 12.4. The summed E-state index contributed by atoms with van der Waals surface area (Å²) < 4.78 is 0. The van der Waals surface area contributed by atoms with E-state index in [4.69, 9.17) is 16.4 Å². The van der Waals surface area contributed by atoms with Gasteiger partial charge in [0.1, 0.15) is 11.2 Å². The van der Waals surface area contributed by atoms with Crippen LogP contribution in [-0.2, 0) is 9.63 Å². The summed E-state index contributed by atoms with van der Waals surface area (Å²) in [6, 6.07) is 0. The van der Waals surface area contributed by atoms with Crippen LogP contribution in [0.15, 0.2) is 24.0 Å². The fourth-order valence-electron chi connectivity index (χ4n) is 2.50. The van der Waals surface area contributed by atoms with Crippen LogP contribution >= 0.6 is 24.0 Å². The Morgan fingerprint density at radius 3 is 2.86 bits per heavy atom. The van der Waals surface area contributed by atoms with Gasteiger partial charge in [-0.25, -0.2) is 5.06 Å². The molecule has 1 aliphatic heterocycles. The van der Waals surface area contributed by atoms with E-state index in [1.165, 1.54) is 32.1 Å². The Balaban J connectivity index is 0.00000220. The number of hydroxylamine groups is 2. The molecule has 21 heavy (non-hydrogen) atoms. The lowest BCUT2D eigenvalue weighted by atomic mass is 9.90. The van der Waals surface area contributed by atoms with Gasteiger partial charge in [-0.1, -0.05) is 31.4 Å². The summed E-state index contributed by atoms with van der Waals surface area (Å²) in [5.74, 6) is 1.10. The van der Waals surface area contributed by atoms with Crippen molar-refractivity contribution in [3.63, 3.8) is 0 Å². The number of alkyl halides is 1. The average molecular weight is 335 g/mol. The van der Waals surface area contributed by atoms with E-state index >= 15 is 0 Å². The molecule has 0 spiro atoms. The topological polar surface area (TPSA) is 41.6 Å². The van der Waals surface area contributed by atoms with Gasteiger partial charge in [0.2, 0.25) is 5.91 Å². The predicted molar refractivity (Wildman–Crippen MR) is 87.2 cm³/mol. The first-order valence-corrected chi connectivity index (χ1v) is 7.82. The van der Waals surface area contributed by atoms with Gasteiger partial charge in [-0.3, -0.25) is 9.63 Å². The highest BCUT2D eigenvalue weighted by atomic mass is 35.5. The fourth-order valence-corrected chi connectivity index (χ4v) is 2.55. The maximum absolute atomic E-state index is 11.7. The standard InChI is InChI=1S/C15H23ClN2O2.ClH/c1-12(16)15(19)17-14-9-5-6-10-18(14)20-11-13-7-3-2-4-8-13;/h5-6,9,12-13H,2-4,7-8,10-11H2,1H3,(H,17,19);1H. The Labute approximate surface area is 137 Å². The molecule has 0 saturated heterocycles. The smallest absolute Gasteiger partial charge is 0.243 e. The molecule has 120 valence electrons. The zero-order chi connectivity index (χ0) is 14.4. The molecule has 0 aromatic heterocycles. The van der Waals surface area contributed by atoms with Crippen molar-refractivity contribution in [1.82, 2.24) is 10.4 Å². The third-order valence-electron chi connectivity index (χ3n) is 3.73. The van der Waals surface area contributed by atoms with E-state index in [-0.39, 0.29) is 18.3 Å². The van der Waals surface area contributed by atoms with Gasteiger partial charge in [0.15, 0.2) is 0 Å². The second-order valence-electron chi connectivity index (χ2n) is 5.45. The van der Waals surface area contributed by atoms with Gasteiger partial charge in [-0.15, -0.1) is 24.0 Å². The molecule has 1 saturated carbocycles. The Morgan fingerprint density at radius 2 is 2.19 bits per heavy atom. The maximum atomic E-state index is 11.7.